The highest BCUT2D eigenvalue weighted by atomic mass is 79.9. The summed E-state index contributed by atoms with van der Waals surface area (Å²) in [5.41, 5.74) is 3.64. The molecular weight excluding hydrogens is 436 g/mol. The van der Waals surface area contributed by atoms with Crippen LogP contribution in [0.25, 0.3) is 10.8 Å². The molecule has 3 nitrogen and oxygen atoms in total. The average molecular weight is 461 g/mol. The van der Waals surface area contributed by atoms with Crippen LogP contribution in [0.2, 0.25) is 0 Å². The minimum absolute atomic E-state index is 0.0435. The van der Waals surface area contributed by atoms with E-state index in [9.17, 15) is 0 Å². The average Bonchev–Trinajstić information content (AvgIpc) is 3.25. The third-order valence-corrected chi connectivity index (χ3v) is 7.41. The van der Waals surface area contributed by atoms with E-state index in [1.165, 1.54) is 59.7 Å². The molecule has 1 fully saturated rings. The third kappa shape index (κ3) is 3.13. The zero-order valence-corrected chi connectivity index (χ0v) is 18.5. The smallest absolute Gasteiger partial charge is 0.190 e. The standard InChI is InChI=1S/C26H25BrN2O/c27-21-12-13-25-22(15-21)24-16-23(20-11-10-17-6-4-5-9-19(17)14-20)28-29(24)26(30-25)18-7-2-1-3-8-18/h4-6,9-15,18,24,26H,1-3,7-8,16H2. The molecule has 2 heterocycles. The van der Waals surface area contributed by atoms with E-state index in [0.717, 1.165) is 16.6 Å². The van der Waals surface area contributed by atoms with Gasteiger partial charge in [0.15, 0.2) is 6.23 Å². The number of benzene rings is 3. The first kappa shape index (κ1) is 18.4. The van der Waals surface area contributed by atoms with Crippen LogP contribution < -0.4 is 4.74 Å². The van der Waals surface area contributed by atoms with Gasteiger partial charge in [0.1, 0.15) is 5.75 Å². The molecular formula is C26H25BrN2O. The summed E-state index contributed by atoms with van der Waals surface area (Å²) in [7, 11) is 0. The Morgan fingerprint density at radius 1 is 0.900 bits per heavy atom. The zero-order valence-electron chi connectivity index (χ0n) is 16.9. The number of hydrogen-bond acceptors (Lipinski definition) is 3. The largest absolute Gasteiger partial charge is 0.468 e. The number of hydrogen-bond donors (Lipinski definition) is 0. The number of ether oxygens (including phenoxy) is 1. The quantitative estimate of drug-likeness (QED) is 0.409. The maximum atomic E-state index is 6.59. The van der Waals surface area contributed by atoms with E-state index in [1.807, 2.05) is 0 Å². The fourth-order valence-corrected chi connectivity index (χ4v) is 5.74. The highest BCUT2D eigenvalue weighted by Gasteiger charge is 2.43. The summed E-state index contributed by atoms with van der Waals surface area (Å²) in [5.74, 6) is 1.59. The van der Waals surface area contributed by atoms with Gasteiger partial charge in [-0.1, -0.05) is 71.6 Å². The molecule has 30 heavy (non-hydrogen) atoms. The Labute approximate surface area is 185 Å². The van der Waals surface area contributed by atoms with Gasteiger partial charge in [-0.15, -0.1) is 0 Å². The lowest BCUT2D eigenvalue weighted by Gasteiger charge is -2.42. The van der Waals surface area contributed by atoms with Crippen molar-refractivity contribution in [3.63, 3.8) is 0 Å². The molecule has 2 atom stereocenters. The molecule has 152 valence electrons. The van der Waals surface area contributed by atoms with Gasteiger partial charge in [0.25, 0.3) is 0 Å². The molecule has 0 aromatic heterocycles. The Hall–Kier alpha value is -2.33. The number of hydrazone groups is 1. The van der Waals surface area contributed by atoms with E-state index in [2.05, 4.69) is 81.6 Å². The predicted octanol–water partition coefficient (Wildman–Crippen LogP) is 7.05. The van der Waals surface area contributed by atoms with Crippen molar-refractivity contribution < 1.29 is 4.74 Å². The summed E-state index contributed by atoms with van der Waals surface area (Å²) in [6.45, 7) is 0. The van der Waals surface area contributed by atoms with Gasteiger partial charge in [0.2, 0.25) is 0 Å². The fourth-order valence-electron chi connectivity index (χ4n) is 5.36. The zero-order chi connectivity index (χ0) is 20.1. The topological polar surface area (TPSA) is 24.8 Å². The summed E-state index contributed by atoms with van der Waals surface area (Å²) >= 11 is 3.65. The van der Waals surface area contributed by atoms with Crippen molar-refractivity contribution >= 4 is 32.4 Å². The maximum absolute atomic E-state index is 6.59. The summed E-state index contributed by atoms with van der Waals surface area (Å²) in [4.78, 5) is 0. The van der Waals surface area contributed by atoms with Crippen molar-refractivity contribution in [3.8, 4) is 5.75 Å². The third-order valence-electron chi connectivity index (χ3n) is 6.92. The molecule has 0 saturated heterocycles. The molecule has 0 spiro atoms. The summed E-state index contributed by atoms with van der Waals surface area (Å²) in [6.07, 6.45) is 7.40. The maximum Gasteiger partial charge on any atom is 0.190 e. The molecule has 4 heteroatoms. The second kappa shape index (κ2) is 7.42. The monoisotopic (exact) mass is 460 g/mol. The van der Waals surface area contributed by atoms with Crippen LogP contribution in [-0.2, 0) is 0 Å². The molecule has 3 aromatic rings. The highest BCUT2D eigenvalue weighted by molar-refractivity contribution is 9.10. The Kier molecular flexibility index (Phi) is 4.56. The number of halogens is 1. The number of fused-ring (bicyclic) bond motifs is 4. The van der Waals surface area contributed by atoms with E-state index in [0.29, 0.717) is 5.92 Å². The lowest BCUT2D eigenvalue weighted by Crippen LogP contribution is -2.45. The molecule has 0 amide bonds. The van der Waals surface area contributed by atoms with Gasteiger partial charge in [-0.3, -0.25) is 0 Å². The van der Waals surface area contributed by atoms with E-state index in [1.54, 1.807) is 0 Å². The van der Waals surface area contributed by atoms with E-state index in [4.69, 9.17) is 9.84 Å². The fraction of sp³-hybridized carbons (Fsp3) is 0.346. The van der Waals surface area contributed by atoms with Crippen molar-refractivity contribution in [2.75, 3.05) is 0 Å². The van der Waals surface area contributed by atoms with Crippen molar-refractivity contribution in [3.05, 3.63) is 76.3 Å². The van der Waals surface area contributed by atoms with Crippen LogP contribution in [0.15, 0.2) is 70.2 Å². The van der Waals surface area contributed by atoms with Crippen LogP contribution in [0.3, 0.4) is 0 Å². The molecule has 2 unspecified atom stereocenters. The van der Waals surface area contributed by atoms with Gasteiger partial charge in [-0.25, -0.2) is 5.01 Å². The van der Waals surface area contributed by atoms with Crippen LogP contribution in [0.1, 0.15) is 55.7 Å². The molecule has 1 saturated carbocycles. The van der Waals surface area contributed by atoms with Crippen LogP contribution in [0.5, 0.6) is 5.75 Å². The Bertz CT molecular complexity index is 1130. The summed E-state index contributed by atoms with van der Waals surface area (Å²) in [5, 5.41) is 10.0. The highest BCUT2D eigenvalue weighted by Crippen LogP contribution is 2.47. The minimum Gasteiger partial charge on any atom is -0.468 e. The first-order chi connectivity index (χ1) is 14.8. The Morgan fingerprint density at radius 3 is 2.60 bits per heavy atom. The Balaban J connectivity index is 1.41. The molecule has 0 bridgehead atoms. The van der Waals surface area contributed by atoms with Gasteiger partial charge in [-0.05, 0) is 53.4 Å². The van der Waals surface area contributed by atoms with Gasteiger partial charge < -0.3 is 4.74 Å². The normalized spacial score (nSPS) is 23.6. The minimum atomic E-state index is 0.0435. The van der Waals surface area contributed by atoms with E-state index >= 15 is 0 Å². The van der Waals surface area contributed by atoms with Crippen molar-refractivity contribution in [1.82, 2.24) is 5.01 Å². The number of nitrogens with zero attached hydrogens (tertiary/aromatic N) is 2. The molecule has 2 aliphatic heterocycles. The van der Waals surface area contributed by atoms with E-state index < -0.39 is 0 Å². The van der Waals surface area contributed by atoms with Crippen LogP contribution in [0, 0.1) is 5.92 Å². The lowest BCUT2D eigenvalue weighted by atomic mass is 9.86. The van der Waals surface area contributed by atoms with Crippen molar-refractivity contribution in [1.29, 1.82) is 0 Å². The Morgan fingerprint density at radius 2 is 1.73 bits per heavy atom. The van der Waals surface area contributed by atoms with Crippen LogP contribution in [0.4, 0.5) is 0 Å². The summed E-state index contributed by atoms with van der Waals surface area (Å²) in [6, 6.07) is 21.9. The molecule has 0 radical (unpaired) electrons. The summed E-state index contributed by atoms with van der Waals surface area (Å²) < 4.78 is 7.69. The van der Waals surface area contributed by atoms with Gasteiger partial charge >= 0.3 is 0 Å². The number of rotatable bonds is 2. The van der Waals surface area contributed by atoms with Crippen LogP contribution in [-0.4, -0.2) is 16.9 Å². The van der Waals surface area contributed by atoms with E-state index in [-0.39, 0.29) is 12.3 Å². The molecule has 0 N–H and O–H groups in total. The second-order valence-corrected chi connectivity index (χ2v) is 9.71. The molecule has 6 rings (SSSR count). The van der Waals surface area contributed by atoms with Crippen LogP contribution >= 0.6 is 15.9 Å². The van der Waals surface area contributed by atoms with Crippen molar-refractivity contribution in [2.24, 2.45) is 11.0 Å². The second-order valence-electron chi connectivity index (χ2n) is 8.80. The van der Waals surface area contributed by atoms with Crippen molar-refractivity contribution in [2.45, 2.75) is 50.8 Å². The first-order valence-corrected chi connectivity index (χ1v) is 11.9. The molecule has 1 aliphatic carbocycles. The van der Waals surface area contributed by atoms with Gasteiger partial charge in [0.05, 0.1) is 11.8 Å². The predicted molar refractivity (Wildman–Crippen MR) is 125 cm³/mol. The first-order valence-electron chi connectivity index (χ1n) is 11.1. The molecule has 3 aliphatic rings. The van der Waals surface area contributed by atoms with Gasteiger partial charge in [-0.2, -0.15) is 5.10 Å². The SMILES string of the molecule is Brc1ccc2c(c1)C1CC(c3ccc4ccccc4c3)=NN1C(C1CCCCC1)O2. The molecule has 3 aromatic carbocycles. The van der Waals surface area contributed by atoms with Gasteiger partial charge in [0, 0.05) is 22.4 Å². The lowest BCUT2D eigenvalue weighted by molar-refractivity contribution is -0.0644.